The van der Waals surface area contributed by atoms with Crippen molar-refractivity contribution in [2.75, 3.05) is 0 Å². The van der Waals surface area contributed by atoms with Crippen LogP contribution < -0.4 is 0 Å². The number of carbonyl (C=O) groups excluding carboxylic acids is 1. The number of sulfone groups is 1. The summed E-state index contributed by atoms with van der Waals surface area (Å²) in [6, 6.07) is 6.95. The average Bonchev–Trinajstić information content (AvgIpc) is 2.43. The fraction of sp³-hybridized carbons (Fsp3) is 0.182. The summed E-state index contributed by atoms with van der Waals surface area (Å²) in [4.78, 5) is 9.86. The van der Waals surface area contributed by atoms with Crippen LogP contribution in [0.1, 0.15) is 19.4 Å². The van der Waals surface area contributed by atoms with Crippen molar-refractivity contribution in [2.45, 2.75) is 18.7 Å². The molecule has 16 heavy (non-hydrogen) atoms. The van der Waals surface area contributed by atoms with Gasteiger partial charge in [0.05, 0.1) is 4.90 Å². The third kappa shape index (κ3) is 3.79. The van der Waals surface area contributed by atoms with E-state index in [0.29, 0.717) is 4.90 Å². The maximum absolute atomic E-state index is 11.2. The molecule has 2 rings (SSSR count). The molecule has 1 aliphatic rings. The second-order valence-electron chi connectivity index (χ2n) is 3.29. The number of rotatable bonds is 0. The highest BCUT2D eigenvalue weighted by molar-refractivity contribution is 7.94. The van der Waals surface area contributed by atoms with Gasteiger partial charge in [0, 0.05) is 5.41 Å². The summed E-state index contributed by atoms with van der Waals surface area (Å²) in [6.45, 7) is 3.06. The minimum Gasteiger partial charge on any atom is -0.300 e. The zero-order chi connectivity index (χ0) is 11.5. The Kier molecular flexibility index (Phi) is 5.41. The van der Waals surface area contributed by atoms with Gasteiger partial charge in [0.2, 0.25) is 0 Å². The lowest BCUT2D eigenvalue weighted by atomic mass is 10.2. The molecule has 0 radical (unpaired) electrons. The molecule has 0 saturated heterocycles. The number of hydrogen-bond donors (Lipinski definition) is 0. The van der Waals surface area contributed by atoms with E-state index >= 15 is 0 Å². The van der Waals surface area contributed by atoms with Crippen molar-refractivity contribution in [3.05, 3.63) is 35.2 Å². The second kappa shape index (κ2) is 5.82. The van der Waals surface area contributed by atoms with Crippen molar-refractivity contribution < 1.29 is 13.2 Å². The van der Waals surface area contributed by atoms with Crippen LogP contribution in [0.2, 0.25) is 0 Å². The van der Waals surface area contributed by atoms with Gasteiger partial charge in [-0.2, -0.15) is 0 Å². The molecule has 1 heterocycles. The van der Waals surface area contributed by atoms with Gasteiger partial charge < -0.3 is 4.79 Å². The predicted molar refractivity (Wildman–Crippen MR) is 66.3 cm³/mol. The minimum atomic E-state index is -3.09. The fourth-order valence-electron chi connectivity index (χ4n) is 1.11. The molecule has 1 aliphatic heterocycles. The van der Waals surface area contributed by atoms with Crippen molar-refractivity contribution in [3.63, 3.8) is 0 Å². The lowest BCUT2D eigenvalue weighted by molar-refractivity contribution is -0.114. The lowest BCUT2D eigenvalue weighted by Gasteiger charge is -1.94. The molecule has 0 aromatic heterocycles. The first kappa shape index (κ1) is 14.9. The van der Waals surface area contributed by atoms with Crippen LogP contribution in [0.5, 0.6) is 0 Å². The van der Waals surface area contributed by atoms with E-state index in [4.69, 9.17) is 0 Å². The van der Waals surface area contributed by atoms with Gasteiger partial charge in [0.25, 0.3) is 0 Å². The molecule has 0 atom stereocenters. The molecule has 88 valence electrons. The molecule has 5 heteroatoms. The van der Waals surface area contributed by atoms with E-state index in [1.807, 2.05) is 6.07 Å². The van der Waals surface area contributed by atoms with Crippen molar-refractivity contribution in [2.24, 2.45) is 0 Å². The zero-order valence-electron chi connectivity index (χ0n) is 9.01. The Bertz CT molecular complexity index is 500. The molecule has 0 saturated carbocycles. The van der Waals surface area contributed by atoms with Gasteiger partial charge in [-0.15, -0.1) is 12.4 Å². The Balaban J connectivity index is 0.000000397. The van der Waals surface area contributed by atoms with Crippen molar-refractivity contribution in [1.29, 1.82) is 0 Å². The molecular formula is C11H13ClO3S. The van der Waals surface area contributed by atoms with Crippen LogP contribution in [0.25, 0.3) is 6.08 Å². The quantitative estimate of drug-likeness (QED) is 0.720. The first-order chi connectivity index (χ1) is 6.93. The summed E-state index contributed by atoms with van der Waals surface area (Å²) in [5, 5.41) is 1.23. The van der Waals surface area contributed by atoms with Gasteiger partial charge in [0.15, 0.2) is 9.84 Å². The maximum atomic E-state index is 11.2. The molecule has 0 N–H and O–H groups in total. The molecular weight excluding hydrogens is 248 g/mol. The van der Waals surface area contributed by atoms with Gasteiger partial charge in [-0.25, -0.2) is 8.42 Å². The van der Waals surface area contributed by atoms with Crippen LogP contribution in [0, 0.1) is 0 Å². The van der Waals surface area contributed by atoms with Gasteiger partial charge >= 0.3 is 0 Å². The van der Waals surface area contributed by atoms with E-state index in [0.717, 1.165) is 5.56 Å². The number of carbonyl (C=O) groups is 1. The van der Waals surface area contributed by atoms with E-state index in [-0.39, 0.29) is 18.2 Å². The van der Waals surface area contributed by atoms with Crippen LogP contribution in [0.15, 0.2) is 34.6 Å². The summed E-state index contributed by atoms with van der Waals surface area (Å²) in [5.74, 6) is 0.167. The first-order valence-electron chi connectivity index (χ1n) is 4.43. The number of hydrogen-bond acceptors (Lipinski definition) is 3. The number of benzene rings is 1. The minimum absolute atomic E-state index is 0. The fourth-order valence-corrected chi connectivity index (χ4v) is 2.32. The van der Waals surface area contributed by atoms with Crippen LogP contribution in [-0.2, 0) is 14.6 Å². The molecule has 1 aromatic rings. The SMILES string of the molecule is CC(C)=O.Cl.O=S1(=O)C=Cc2ccccc21. The topological polar surface area (TPSA) is 51.2 Å². The summed E-state index contributed by atoms with van der Waals surface area (Å²) >= 11 is 0. The summed E-state index contributed by atoms with van der Waals surface area (Å²) in [6.07, 6.45) is 1.62. The molecule has 0 bridgehead atoms. The highest BCUT2D eigenvalue weighted by Crippen LogP contribution is 2.25. The molecule has 0 fully saturated rings. The van der Waals surface area contributed by atoms with Crippen LogP contribution in [0.3, 0.4) is 0 Å². The third-order valence-electron chi connectivity index (χ3n) is 1.65. The molecule has 1 aromatic carbocycles. The Morgan fingerprint density at radius 3 is 2.12 bits per heavy atom. The Hall–Kier alpha value is -1.13. The Labute approximate surface area is 102 Å². The number of fused-ring (bicyclic) bond motifs is 1. The largest absolute Gasteiger partial charge is 0.300 e. The summed E-state index contributed by atoms with van der Waals surface area (Å²) < 4.78 is 22.3. The van der Waals surface area contributed by atoms with E-state index in [2.05, 4.69) is 0 Å². The smallest absolute Gasteiger partial charge is 0.200 e. The normalized spacial score (nSPS) is 14.1. The van der Waals surface area contributed by atoms with E-state index < -0.39 is 9.84 Å². The van der Waals surface area contributed by atoms with Crippen LogP contribution in [0.4, 0.5) is 0 Å². The molecule has 0 unspecified atom stereocenters. The van der Waals surface area contributed by atoms with Gasteiger partial charge in [-0.05, 0) is 31.6 Å². The predicted octanol–water partition coefficient (Wildman–Crippen LogP) is 2.46. The number of ketones is 1. The van der Waals surface area contributed by atoms with E-state index in [9.17, 15) is 13.2 Å². The zero-order valence-corrected chi connectivity index (χ0v) is 10.6. The second-order valence-corrected chi connectivity index (χ2v) is 5.10. The van der Waals surface area contributed by atoms with Gasteiger partial charge in [-0.3, -0.25) is 0 Å². The molecule has 0 amide bonds. The van der Waals surface area contributed by atoms with Crippen molar-refractivity contribution >= 4 is 34.1 Å². The summed E-state index contributed by atoms with van der Waals surface area (Å²) in [5.41, 5.74) is 0.785. The Morgan fingerprint density at radius 2 is 1.62 bits per heavy atom. The standard InChI is InChI=1S/C8H6O2S.C3H6O.ClH/c9-11(10)6-5-7-3-1-2-4-8(7)11;1-3(2)4;/h1-6H;1-2H3;1H. The van der Waals surface area contributed by atoms with Gasteiger partial charge in [0.1, 0.15) is 5.78 Å². The summed E-state index contributed by atoms with van der Waals surface area (Å²) in [7, 11) is -3.09. The van der Waals surface area contributed by atoms with Gasteiger partial charge in [-0.1, -0.05) is 18.2 Å². The Morgan fingerprint density at radius 1 is 1.12 bits per heavy atom. The number of Topliss-reactive ketones (excluding diaryl/α,β-unsaturated/α-hetero) is 1. The third-order valence-corrected chi connectivity index (χ3v) is 3.13. The van der Waals surface area contributed by atoms with Crippen LogP contribution >= 0.6 is 12.4 Å². The van der Waals surface area contributed by atoms with Crippen molar-refractivity contribution in [3.8, 4) is 0 Å². The molecule has 0 spiro atoms. The highest BCUT2D eigenvalue weighted by Gasteiger charge is 2.18. The monoisotopic (exact) mass is 260 g/mol. The van der Waals surface area contributed by atoms with Crippen molar-refractivity contribution in [1.82, 2.24) is 0 Å². The van der Waals surface area contributed by atoms with Crippen LogP contribution in [-0.4, -0.2) is 14.2 Å². The number of halogens is 1. The lowest BCUT2D eigenvalue weighted by Crippen LogP contribution is -1.91. The average molecular weight is 261 g/mol. The van der Waals surface area contributed by atoms with E-state index in [1.54, 1.807) is 24.3 Å². The first-order valence-corrected chi connectivity index (χ1v) is 5.97. The maximum Gasteiger partial charge on any atom is 0.200 e. The molecule has 0 aliphatic carbocycles. The molecule has 3 nitrogen and oxygen atoms in total. The van der Waals surface area contributed by atoms with E-state index in [1.165, 1.54) is 19.3 Å². The highest BCUT2D eigenvalue weighted by atomic mass is 35.5.